The van der Waals surface area contributed by atoms with Crippen molar-refractivity contribution in [3.05, 3.63) is 0 Å². The maximum absolute atomic E-state index is 11.1. The third-order valence-electron chi connectivity index (χ3n) is 2.52. The molecular weight excluding hydrogens is 178 g/mol. The van der Waals surface area contributed by atoms with Gasteiger partial charge in [0.15, 0.2) is 0 Å². The highest BCUT2D eigenvalue weighted by atomic mass is 32.2. The molecule has 0 spiro atoms. The van der Waals surface area contributed by atoms with Crippen LogP contribution < -0.4 is 5.73 Å². The number of aliphatic hydroxyl groups excluding tert-OH is 1. The lowest BCUT2D eigenvalue weighted by atomic mass is 10.0. The van der Waals surface area contributed by atoms with Crippen molar-refractivity contribution < 1.29 is 13.5 Å². The fourth-order valence-corrected chi connectivity index (χ4v) is 2.80. The van der Waals surface area contributed by atoms with Crippen LogP contribution in [0.5, 0.6) is 0 Å². The number of aliphatic hydroxyl groups is 1. The smallest absolute Gasteiger partial charge is 0.150 e. The van der Waals surface area contributed by atoms with Gasteiger partial charge in [-0.1, -0.05) is 0 Å². The summed E-state index contributed by atoms with van der Waals surface area (Å²) >= 11 is 0. The molecule has 0 aromatic rings. The second-order valence-electron chi connectivity index (χ2n) is 3.71. The Hall–Kier alpha value is -0.130. The summed E-state index contributed by atoms with van der Waals surface area (Å²) < 4.78 is 22.2. The summed E-state index contributed by atoms with van der Waals surface area (Å²) in [6.45, 7) is -0.126. The fourth-order valence-electron chi connectivity index (χ4n) is 1.62. The Balaban J connectivity index is 2.70. The summed E-state index contributed by atoms with van der Waals surface area (Å²) in [5.41, 5.74) is 5.07. The molecule has 4 nitrogen and oxygen atoms in total. The molecular formula is C7H15NO3S. The van der Waals surface area contributed by atoms with E-state index in [4.69, 9.17) is 10.8 Å². The lowest BCUT2D eigenvalue weighted by molar-refractivity contribution is 0.200. The van der Waals surface area contributed by atoms with Crippen molar-refractivity contribution in [1.82, 2.24) is 0 Å². The number of nitrogens with two attached hydrogens (primary N) is 1. The minimum Gasteiger partial charge on any atom is -0.394 e. The highest BCUT2D eigenvalue weighted by molar-refractivity contribution is 7.91. The van der Waals surface area contributed by atoms with E-state index in [9.17, 15) is 8.42 Å². The zero-order valence-electron chi connectivity index (χ0n) is 7.16. The third kappa shape index (κ3) is 1.97. The van der Waals surface area contributed by atoms with Gasteiger partial charge in [-0.25, -0.2) is 8.42 Å². The van der Waals surface area contributed by atoms with Crippen molar-refractivity contribution in [2.75, 3.05) is 12.9 Å². The van der Waals surface area contributed by atoms with Crippen LogP contribution in [0.2, 0.25) is 0 Å². The molecule has 1 aliphatic carbocycles. The number of sulfone groups is 1. The average Bonchev–Trinajstić information content (AvgIpc) is 2.32. The van der Waals surface area contributed by atoms with Gasteiger partial charge in [0.1, 0.15) is 9.84 Å². The number of rotatable bonds is 2. The molecule has 5 heteroatoms. The van der Waals surface area contributed by atoms with Crippen LogP contribution in [0.3, 0.4) is 0 Å². The monoisotopic (exact) mass is 193 g/mol. The van der Waals surface area contributed by atoms with E-state index in [0.717, 1.165) is 0 Å². The molecule has 2 atom stereocenters. The normalized spacial score (nSPS) is 37.1. The first kappa shape index (κ1) is 9.95. The van der Waals surface area contributed by atoms with Crippen molar-refractivity contribution in [3.8, 4) is 0 Å². The SMILES string of the molecule is CS(=O)(=O)[C@@H]1CC[C@](N)(CO)C1. The summed E-state index contributed by atoms with van der Waals surface area (Å²) in [6.07, 6.45) is 2.79. The van der Waals surface area contributed by atoms with Crippen LogP contribution in [-0.2, 0) is 9.84 Å². The highest BCUT2D eigenvalue weighted by Crippen LogP contribution is 2.31. The van der Waals surface area contributed by atoms with E-state index in [1.807, 2.05) is 0 Å². The predicted octanol–water partition coefficient (Wildman–Crippen LogP) is -0.727. The Morgan fingerprint density at radius 3 is 2.50 bits per heavy atom. The van der Waals surface area contributed by atoms with E-state index in [-0.39, 0.29) is 11.9 Å². The van der Waals surface area contributed by atoms with Crippen molar-refractivity contribution in [2.24, 2.45) is 5.73 Å². The second kappa shape index (κ2) is 2.97. The summed E-state index contributed by atoms with van der Waals surface area (Å²) in [7, 11) is -2.97. The molecule has 0 aromatic carbocycles. The summed E-state index contributed by atoms with van der Waals surface area (Å²) in [5, 5.41) is 8.54. The first-order valence-electron chi connectivity index (χ1n) is 3.96. The van der Waals surface area contributed by atoms with Gasteiger partial charge in [-0.2, -0.15) is 0 Å². The molecule has 0 amide bonds. The molecule has 12 heavy (non-hydrogen) atoms. The molecule has 0 aromatic heterocycles. The van der Waals surface area contributed by atoms with Gasteiger partial charge >= 0.3 is 0 Å². The van der Waals surface area contributed by atoms with E-state index in [2.05, 4.69) is 0 Å². The van der Waals surface area contributed by atoms with Crippen molar-refractivity contribution in [2.45, 2.75) is 30.1 Å². The summed E-state index contributed by atoms with van der Waals surface area (Å²) in [6, 6.07) is 0. The Morgan fingerprint density at radius 2 is 2.25 bits per heavy atom. The van der Waals surface area contributed by atoms with Gasteiger partial charge < -0.3 is 10.8 Å². The molecule has 0 radical (unpaired) electrons. The number of hydrogen-bond donors (Lipinski definition) is 2. The van der Waals surface area contributed by atoms with Gasteiger partial charge in [0.25, 0.3) is 0 Å². The quantitative estimate of drug-likeness (QED) is 0.606. The molecule has 1 fully saturated rings. The topological polar surface area (TPSA) is 80.4 Å². The van der Waals surface area contributed by atoms with Gasteiger partial charge in [0.05, 0.1) is 11.9 Å². The standard InChI is InChI=1S/C7H15NO3S/c1-12(10,11)6-2-3-7(8,4-6)5-9/h6,9H,2-5,8H2,1H3/t6-,7-/m1/s1. The van der Waals surface area contributed by atoms with E-state index >= 15 is 0 Å². The van der Waals surface area contributed by atoms with Gasteiger partial charge in [-0.3, -0.25) is 0 Å². The zero-order valence-corrected chi connectivity index (χ0v) is 7.97. The average molecular weight is 193 g/mol. The van der Waals surface area contributed by atoms with Gasteiger partial charge in [-0.05, 0) is 19.3 Å². The van der Waals surface area contributed by atoms with Crippen LogP contribution in [0.15, 0.2) is 0 Å². The Bertz CT molecular complexity index is 262. The molecule has 3 N–H and O–H groups in total. The first-order chi connectivity index (χ1) is 5.37. The van der Waals surface area contributed by atoms with Gasteiger partial charge in [0, 0.05) is 11.8 Å². The first-order valence-corrected chi connectivity index (χ1v) is 5.91. The molecule has 72 valence electrons. The van der Waals surface area contributed by atoms with E-state index in [0.29, 0.717) is 19.3 Å². The Morgan fingerprint density at radius 1 is 1.67 bits per heavy atom. The van der Waals surface area contributed by atoms with Gasteiger partial charge in [-0.15, -0.1) is 0 Å². The highest BCUT2D eigenvalue weighted by Gasteiger charge is 2.39. The fraction of sp³-hybridized carbons (Fsp3) is 1.00. The van der Waals surface area contributed by atoms with Crippen molar-refractivity contribution >= 4 is 9.84 Å². The largest absolute Gasteiger partial charge is 0.394 e. The van der Waals surface area contributed by atoms with Crippen molar-refractivity contribution in [1.29, 1.82) is 0 Å². The number of hydrogen-bond acceptors (Lipinski definition) is 4. The molecule has 0 aliphatic heterocycles. The lowest BCUT2D eigenvalue weighted by Gasteiger charge is -2.20. The van der Waals surface area contributed by atoms with Crippen LogP contribution in [-0.4, -0.2) is 37.2 Å². The third-order valence-corrected chi connectivity index (χ3v) is 4.13. The van der Waals surface area contributed by atoms with E-state index in [1.54, 1.807) is 0 Å². The lowest BCUT2D eigenvalue weighted by Crippen LogP contribution is -2.41. The van der Waals surface area contributed by atoms with Crippen LogP contribution in [0.4, 0.5) is 0 Å². The minimum absolute atomic E-state index is 0.126. The Kier molecular flexibility index (Phi) is 2.47. The summed E-state index contributed by atoms with van der Waals surface area (Å²) in [5.74, 6) is 0. The maximum Gasteiger partial charge on any atom is 0.150 e. The molecule has 0 heterocycles. The maximum atomic E-state index is 11.1. The van der Waals surface area contributed by atoms with E-state index in [1.165, 1.54) is 6.26 Å². The molecule has 1 saturated carbocycles. The molecule has 0 saturated heterocycles. The minimum atomic E-state index is -2.97. The van der Waals surface area contributed by atoms with Crippen LogP contribution in [0.25, 0.3) is 0 Å². The van der Waals surface area contributed by atoms with Crippen LogP contribution in [0, 0.1) is 0 Å². The Labute approximate surface area is 72.7 Å². The van der Waals surface area contributed by atoms with Crippen LogP contribution in [0.1, 0.15) is 19.3 Å². The van der Waals surface area contributed by atoms with E-state index < -0.39 is 15.4 Å². The second-order valence-corrected chi connectivity index (χ2v) is 6.04. The van der Waals surface area contributed by atoms with Gasteiger partial charge in [0.2, 0.25) is 0 Å². The zero-order chi connectivity index (χ0) is 9.41. The summed E-state index contributed by atoms with van der Waals surface area (Å²) in [4.78, 5) is 0. The molecule has 0 unspecified atom stereocenters. The molecule has 1 rings (SSSR count). The predicted molar refractivity (Wildman–Crippen MR) is 46.5 cm³/mol. The molecule has 0 bridgehead atoms. The van der Waals surface area contributed by atoms with Crippen LogP contribution >= 0.6 is 0 Å². The molecule has 1 aliphatic rings. The van der Waals surface area contributed by atoms with Crippen molar-refractivity contribution in [3.63, 3.8) is 0 Å².